The number of carbonyl (C=O) groups is 1. The molecule has 106 valence electrons. The number of thiophene rings is 1. The zero-order valence-corrected chi connectivity index (χ0v) is 13.6. The molecule has 2 N–H and O–H groups in total. The van der Waals surface area contributed by atoms with Gasteiger partial charge in [0.1, 0.15) is 9.77 Å². The average Bonchev–Trinajstić information content (AvgIpc) is 2.83. The number of rotatable bonds is 4. The highest BCUT2D eigenvalue weighted by molar-refractivity contribution is 9.10. The lowest BCUT2D eigenvalue weighted by atomic mass is 10.3. The Labute approximate surface area is 132 Å². The molecule has 1 aromatic heterocycles. The van der Waals surface area contributed by atoms with Crippen LogP contribution in [0, 0.1) is 0 Å². The van der Waals surface area contributed by atoms with Crippen molar-refractivity contribution in [2.24, 2.45) is 0 Å². The van der Waals surface area contributed by atoms with E-state index in [1.807, 2.05) is 0 Å². The summed E-state index contributed by atoms with van der Waals surface area (Å²) in [7, 11) is -3.96. The van der Waals surface area contributed by atoms with E-state index < -0.39 is 16.0 Å². The van der Waals surface area contributed by atoms with Crippen LogP contribution in [0.1, 0.15) is 9.67 Å². The molecule has 0 aliphatic heterocycles. The second-order valence-corrected chi connectivity index (χ2v) is 7.48. The third kappa shape index (κ3) is 3.14. The number of halogens is 2. The maximum atomic E-state index is 12.2. The first-order valence-corrected chi connectivity index (χ1v) is 8.63. The van der Waals surface area contributed by atoms with Gasteiger partial charge in [-0.1, -0.05) is 11.6 Å². The van der Waals surface area contributed by atoms with Crippen LogP contribution in [-0.4, -0.2) is 19.5 Å². The van der Waals surface area contributed by atoms with Crippen LogP contribution in [0.25, 0.3) is 0 Å². The van der Waals surface area contributed by atoms with Gasteiger partial charge in [-0.3, -0.25) is 4.72 Å². The smallest absolute Gasteiger partial charge is 0.347 e. The Bertz CT molecular complexity index is 772. The van der Waals surface area contributed by atoms with Crippen LogP contribution in [-0.2, 0) is 10.0 Å². The lowest BCUT2D eigenvalue weighted by molar-refractivity contribution is 0.0698. The summed E-state index contributed by atoms with van der Waals surface area (Å²) in [4.78, 5) is 10.5. The number of nitrogens with one attached hydrogen (secondary N) is 1. The molecule has 0 spiro atoms. The van der Waals surface area contributed by atoms with Gasteiger partial charge in [-0.05, 0) is 45.6 Å². The Kier molecular flexibility index (Phi) is 4.38. The molecule has 0 aliphatic carbocycles. The topological polar surface area (TPSA) is 83.5 Å². The number of carboxylic acid groups (broad SMARTS) is 1. The zero-order valence-electron chi connectivity index (χ0n) is 9.63. The molecule has 5 nitrogen and oxygen atoms in total. The molecule has 1 heterocycles. The van der Waals surface area contributed by atoms with Crippen LogP contribution in [0.2, 0.25) is 5.02 Å². The lowest BCUT2D eigenvalue weighted by Crippen LogP contribution is -2.15. The first kappa shape index (κ1) is 15.3. The number of anilines is 1. The van der Waals surface area contributed by atoms with Gasteiger partial charge in [-0.15, -0.1) is 11.3 Å². The molecular weight excluding hydrogens is 390 g/mol. The number of hydrogen-bond acceptors (Lipinski definition) is 4. The molecule has 9 heteroatoms. The summed E-state index contributed by atoms with van der Waals surface area (Å²) in [6.45, 7) is 0. The minimum absolute atomic E-state index is 0.231. The van der Waals surface area contributed by atoms with Gasteiger partial charge in [0, 0.05) is 4.47 Å². The van der Waals surface area contributed by atoms with Crippen LogP contribution in [0.4, 0.5) is 5.69 Å². The summed E-state index contributed by atoms with van der Waals surface area (Å²) in [5, 5.41) is 10.8. The highest BCUT2D eigenvalue weighted by atomic mass is 79.9. The van der Waals surface area contributed by atoms with E-state index in [2.05, 4.69) is 20.7 Å². The standard InChI is InChI=1S/C11H7BrClNO4S2/c12-7-5-6(1-2-8(7)13)14-20(17,18)9-3-4-19-10(9)11(15)16/h1-5,14H,(H,15,16). The molecule has 0 fully saturated rings. The van der Waals surface area contributed by atoms with E-state index in [1.54, 1.807) is 0 Å². The summed E-state index contributed by atoms with van der Waals surface area (Å²) in [6.07, 6.45) is 0. The van der Waals surface area contributed by atoms with Gasteiger partial charge >= 0.3 is 5.97 Å². The van der Waals surface area contributed by atoms with Crippen molar-refractivity contribution in [3.8, 4) is 0 Å². The molecule has 0 atom stereocenters. The highest BCUT2D eigenvalue weighted by Gasteiger charge is 2.23. The predicted molar refractivity (Wildman–Crippen MR) is 81.2 cm³/mol. The van der Waals surface area contributed by atoms with Crippen molar-refractivity contribution in [2.75, 3.05) is 4.72 Å². The monoisotopic (exact) mass is 395 g/mol. The molecule has 2 rings (SSSR count). The molecule has 2 aromatic rings. The number of sulfonamides is 1. The van der Waals surface area contributed by atoms with Crippen molar-refractivity contribution in [2.45, 2.75) is 4.90 Å². The number of benzene rings is 1. The summed E-state index contributed by atoms with van der Waals surface area (Å²) < 4.78 is 27.2. The van der Waals surface area contributed by atoms with Crippen molar-refractivity contribution in [3.05, 3.63) is 44.0 Å². The SMILES string of the molecule is O=C(O)c1sccc1S(=O)(=O)Nc1ccc(Cl)c(Br)c1. The van der Waals surface area contributed by atoms with Crippen LogP contribution in [0.5, 0.6) is 0 Å². The minimum Gasteiger partial charge on any atom is -0.477 e. The average molecular weight is 397 g/mol. The third-order valence-electron chi connectivity index (χ3n) is 2.28. The van der Waals surface area contributed by atoms with Crippen LogP contribution in [0.15, 0.2) is 39.0 Å². The van der Waals surface area contributed by atoms with Crippen LogP contribution >= 0.6 is 38.9 Å². The Hall–Kier alpha value is -1.09. The van der Waals surface area contributed by atoms with E-state index in [0.717, 1.165) is 11.3 Å². The molecule has 1 aromatic carbocycles. The Morgan fingerprint density at radius 2 is 2.05 bits per heavy atom. The van der Waals surface area contributed by atoms with Gasteiger partial charge in [0.25, 0.3) is 10.0 Å². The quantitative estimate of drug-likeness (QED) is 0.826. The highest BCUT2D eigenvalue weighted by Crippen LogP contribution is 2.28. The van der Waals surface area contributed by atoms with Crippen molar-refractivity contribution in [3.63, 3.8) is 0 Å². The van der Waals surface area contributed by atoms with Gasteiger partial charge in [-0.2, -0.15) is 0 Å². The van der Waals surface area contributed by atoms with E-state index in [-0.39, 0.29) is 15.5 Å². The fourth-order valence-corrected chi connectivity index (χ4v) is 4.24. The fraction of sp³-hybridized carbons (Fsp3) is 0. The van der Waals surface area contributed by atoms with Gasteiger partial charge in [0.05, 0.1) is 10.7 Å². The number of hydrogen-bond donors (Lipinski definition) is 2. The van der Waals surface area contributed by atoms with E-state index in [1.165, 1.54) is 29.6 Å². The zero-order chi connectivity index (χ0) is 14.9. The van der Waals surface area contributed by atoms with E-state index >= 15 is 0 Å². The maximum Gasteiger partial charge on any atom is 0.347 e. The Balaban J connectivity index is 2.38. The number of aromatic carboxylic acids is 1. The van der Waals surface area contributed by atoms with E-state index in [9.17, 15) is 13.2 Å². The molecule has 0 saturated carbocycles. The van der Waals surface area contributed by atoms with E-state index in [4.69, 9.17) is 16.7 Å². The van der Waals surface area contributed by atoms with Crippen LogP contribution in [0.3, 0.4) is 0 Å². The van der Waals surface area contributed by atoms with Crippen molar-refractivity contribution < 1.29 is 18.3 Å². The van der Waals surface area contributed by atoms with Crippen molar-refractivity contribution >= 4 is 60.5 Å². The molecule has 0 unspecified atom stereocenters. The summed E-state index contributed by atoms with van der Waals surface area (Å²) in [5.41, 5.74) is 0.281. The number of carboxylic acids is 1. The Morgan fingerprint density at radius 3 is 2.65 bits per heavy atom. The molecule has 0 amide bonds. The van der Waals surface area contributed by atoms with Gasteiger partial charge < -0.3 is 5.11 Å². The molecule has 0 bridgehead atoms. The van der Waals surface area contributed by atoms with Crippen molar-refractivity contribution in [1.82, 2.24) is 0 Å². The first-order valence-electron chi connectivity index (χ1n) is 5.10. The molecule has 20 heavy (non-hydrogen) atoms. The Morgan fingerprint density at radius 1 is 1.35 bits per heavy atom. The third-order valence-corrected chi connectivity index (χ3v) is 5.95. The largest absolute Gasteiger partial charge is 0.477 e. The molecule has 0 radical (unpaired) electrons. The lowest BCUT2D eigenvalue weighted by Gasteiger charge is -2.08. The van der Waals surface area contributed by atoms with Crippen molar-refractivity contribution in [1.29, 1.82) is 0 Å². The molecule has 0 saturated heterocycles. The summed E-state index contributed by atoms with van der Waals surface area (Å²) >= 11 is 9.85. The molecule has 0 aliphatic rings. The summed E-state index contributed by atoms with van der Waals surface area (Å²) in [5.74, 6) is -1.28. The fourth-order valence-electron chi connectivity index (χ4n) is 1.43. The van der Waals surface area contributed by atoms with Crippen LogP contribution < -0.4 is 4.72 Å². The van der Waals surface area contributed by atoms with E-state index in [0.29, 0.717) is 9.50 Å². The van der Waals surface area contributed by atoms with Gasteiger partial charge in [-0.25, -0.2) is 13.2 Å². The normalized spacial score (nSPS) is 11.3. The molecular formula is C11H7BrClNO4S2. The minimum atomic E-state index is -3.96. The maximum absolute atomic E-state index is 12.2. The summed E-state index contributed by atoms with van der Waals surface area (Å²) in [6, 6.07) is 5.75. The van der Waals surface area contributed by atoms with Gasteiger partial charge in [0.15, 0.2) is 0 Å². The second kappa shape index (κ2) is 5.72. The predicted octanol–water partition coefficient (Wildman–Crippen LogP) is 3.66. The first-order chi connectivity index (χ1) is 9.31. The second-order valence-electron chi connectivity index (χ2n) is 3.65. The van der Waals surface area contributed by atoms with Gasteiger partial charge in [0.2, 0.25) is 0 Å².